The predicted molar refractivity (Wildman–Crippen MR) is 116 cm³/mol. The van der Waals surface area contributed by atoms with Crippen LogP contribution in [0.15, 0.2) is 53.9 Å². The summed E-state index contributed by atoms with van der Waals surface area (Å²) in [6.45, 7) is 0. The Hall–Kier alpha value is -4.19. The Morgan fingerprint density at radius 1 is 1.15 bits per heavy atom. The molecule has 1 saturated heterocycles. The van der Waals surface area contributed by atoms with Crippen molar-refractivity contribution in [1.82, 2.24) is 15.2 Å². The molecule has 1 fully saturated rings. The molecule has 1 unspecified atom stereocenters. The Labute approximate surface area is 195 Å². The summed E-state index contributed by atoms with van der Waals surface area (Å²) in [5.74, 6) is -4.78. The fourth-order valence-electron chi connectivity index (χ4n) is 3.51. The lowest BCUT2D eigenvalue weighted by atomic mass is 10.0. The standard InChI is InChI=1S/C22H16F2N4O5S/c23-13-7-12(8-14(24)9-13)17-19(30)28(22(33)26-17)16(6-11-4-2-1-3-5-11)18(29)27-21-25-15(10-34-21)20(31)32/h1-5,7-10,16-17H,6H2,(H,26,33)(H,31,32)(H,25,27,29)/t16-,17?/m0/s1. The van der Waals surface area contributed by atoms with Crippen molar-refractivity contribution < 1.29 is 33.1 Å². The number of rotatable bonds is 7. The van der Waals surface area contributed by atoms with Gasteiger partial charge in [-0.3, -0.25) is 9.59 Å². The number of nitrogens with one attached hydrogen (secondary N) is 2. The number of carboxylic acids is 1. The third-order valence-electron chi connectivity index (χ3n) is 5.03. The minimum absolute atomic E-state index is 0.0312. The molecule has 3 N–H and O–H groups in total. The highest BCUT2D eigenvalue weighted by Gasteiger charge is 2.45. The summed E-state index contributed by atoms with van der Waals surface area (Å²) in [6.07, 6.45) is -0.0623. The number of imide groups is 1. The minimum atomic E-state index is -1.39. The van der Waals surface area contributed by atoms with Gasteiger partial charge in [0.15, 0.2) is 10.8 Å². The van der Waals surface area contributed by atoms with Crippen molar-refractivity contribution in [1.29, 1.82) is 0 Å². The van der Waals surface area contributed by atoms with E-state index < -0.39 is 47.5 Å². The van der Waals surface area contributed by atoms with Gasteiger partial charge in [-0.05, 0) is 23.3 Å². The molecule has 12 heteroatoms. The minimum Gasteiger partial charge on any atom is -0.476 e. The van der Waals surface area contributed by atoms with Gasteiger partial charge in [0.25, 0.3) is 5.91 Å². The van der Waals surface area contributed by atoms with Gasteiger partial charge in [0.1, 0.15) is 23.7 Å². The molecule has 1 aliphatic heterocycles. The van der Waals surface area contributed by atoms with Gasteiger partial charge in [0.2, 0.25) is 5.91 Å². The molecule has 1 aromatic heterocycles. The molecule has 1 aliphatic rings. The lowest BCUT2D eigenvalue weighted by molar-refractivity contribution is -0.134. The number of aromatic carboxylic acids is 1. The maximum atomic E-state index is 13.7. The maximum absolute atomic E-state index is 13.7. The third-order valence-corrected chi connectivity index (χ3v) is 5.79. The summed E-state index contributed by atoms with van der Waals surface area (Å²) in [5, 5.41) is 15.0. The van der Waals surface area contributed by atoms with E-state index in [4.69, 9.17) is 5.11 Å². The average molecular weight is 486 g/mol. The second kappa shape index (κ2) is 9.35. The van der Waals surface area contributed by atoms with Crippen molar-refractivity contribution in [3.8, 4) is 0 Å². The monoisotopic (exact) mass is 486 g/mol. The van der Waals surface area contributed by atoms with Crippen LogP contribution in [-0.2, 0) is 16.0 Å². The topological polar surface area (TPSA) is 129 Å². The van der Waals surface area contributed by atoms with Gasteiger partial charge in [0.05, 0.1) is 0 Å². The maximum Gasteiger partial charge on any atom is 0.355 e. The summed E-state index contributed by atoms with van der Waals surface area (Å²) in [4.78, 5) is 54.6. The summed E-state index contributed by atoms with van der Waals surface area (Å²) >= 11 is 0.863. The van der Waals surface area contributed by atoms with Gasteiger partial charge in [-0.25, -0.2) is 28.3 Å². The van der Waals surface area contributed by atoms with E-state index in [0.717, 1.165) is 23.5 Å². The smallest absolute Gasteiger partial charge is 0.355 e. The van der Waals surface area contributed by atoms with Crippen LogP contribution in [0.25, 0.3) is 0 Å². The highest BCUT2D eigenvalue weighted by Crippen LogP contribution is 2.27. The number of nitrogens with zero attached hydrogens (tertiary/aromatic N) is 2. The van der Waals surface area contributed by atoms with Crippen molar-refractivity contribution in [2.24, 2.45) is 0 Å². The Kier molecular flexibility index (Phi) is 6.32. The first-order valence-corrected chi connectivity index (χ1v) is 10.7. The summed E-state index contributed by atoms with van der Waals surface area (Å²) in [6, 6.07) is 7.41. The summed E-state index contributed by atoms with van der Waals surface area (Å²) in [5.41, 5.74) is 0.250. The lowest BCUT2D eigenvalue weighted by Crippen LogP contribution is -2.49. The van der Waals surface area contributed by atoms with Gasteiger partial charge in [-0.15, -0.1) is 11.3 Å². The summed E-state index contributed by atoms with van der Waals surface area (Å²) in [7, 11) is 0. The molecule has 174 valence electrons. The second-order valence-corrected chi connectivity index (χ2v) is 8.19. The van der Waals surface area contributed by atoms with Crippen molar-refractivity contribution in [3.05, 3.63) is 82.4 Å². The van der Waals surface area contributed by atoms with E-state index in [1.165, 1.54) is 5.38 Å². The fourth-order valence-corrected chi connectivity index (χ4v) is 4.20. The molecular formula is C22H16F2N4O5S. The normalized spacial score (nSPS) is 16.3. The van der Waals surface area contributed by atoms with Crippen molar-refractivity contribution >= 4 is 40.3 Å². The molecule has 34 heavy (non-hydrogen) atoms. The number of thiazole rings is 1. The zero-order valence-corrected chi connectivity index (χ0v) is 18.0. The molecule has 4 rings (SSSR count). The van der Waals surface area contributed by atoms with Crippen LogP contribution in [-0.4, -0.2) is 44.8 Å². The van der Waals surface area contributed by atoms with E-state index >= 15 is 0 Å². The lowest BCUT2D eigenvalue weighted by Gasteiger charge is -2.24. The Balaban J connectivity index is 1.64. The van der Waals surface area contributed by atoms with Crippen LogP contribution in [0.3, 0.4) is 0 Å². The molecule has 0 radical (unpaired) electrons. The first-order valence-electron chi connectivity index (χ1n) is 9.86. The van der Waals surface area contributed by atoms with Crippen LogP contribution in [0.2, 0.25) is 0 Å². The van der Waals surface area contributed by atoms with Crippen LogP contribution >= 0.6 is 11.3 Å². The fraction of sp³-hybridized carbons (Fsp3) is 0.136. The van der Waals surface area contributed by atoms with E-state index in [1.54, 1.807) is 30.3 Å². The molecule has 2 aromatic carbocycles. The van der Waals surface area contributed by atoms with E-state index in [2.05, 4.69) is 15.6 Å². The number of anilines is 1. The molecule has 0 spiro atoms. The van der Waals surface area contributed by atoms with Gasteiger partial charge in [0, 0.05) is 17.9 Å². The molecular weight excluding hydrogens is 470 g/mol. The number of benzene rings is 2. The Morgan fingerprint density at radius 2 is 1.82 bits per heavy atom. The number of halogens is 2. The third kappa shape index (κ3) is 4.76. The van der Waals surface area contributed by atoms with Crippen LogP contribution in [0.4, 0.5) is 18.7 Å². The van der Waals surface area contributed by atoms with Crippen molar-refractivity contribution in [3.63, 3.8) is 0 Å². The van der Waals surface area contributed by atoms with Gasteiger partial charge < -0.3 is 15.7 Å². The highest BCUT2D eigenvalue weighted by atomic mass is 32.1. The SMILES string of the molecule is O=C(O)c1csc(NC(=O)[C@H](Cc2ccccc2)N2C(=O)NC(c3cc(F)cc(F)c3)C2=O)n1. The van der Waals surface area contributed by atoms with Gasteiger partial charge >= 0.3 is 12.0 Å². The van der Waals surface area contributed by atoms with Gasteiger partial charge in [-0.1, -0.05) is 30.3 Å². The number of carbonyl (C=O) groups excluding carboxylic acids is 3. The average Bonchev–Trinajstić information content (AvgIpc) is 3.36. The zero-order valence-electron chi connectivity index (χ0n) is 17.2. The molecule has 9 nitrogen and oxygen atoms in total. The number of aromatic nitrogens is 1. The van der Waals surface area contributed by atoms with E-state index in [9.17, 15) is 28.0 Å². The number of amides is 4. The van der Waals surface area contributed by atoms with Crippen LogP contribution in [0.5, 0.6) is 0 Å². The number of carboxylic acid groups (broad SMARTS) is 1. The molecule has 0 bridgehead atoms. The van der Waals surface area contributed by atoms with Crippen LogP contribution in [0, 0.1) is 11.6 Å². The number of hydrogen-bond acceptors (Lipinski definition) is 6. The van der Waals surface area contributed by atoms with E-state index in [-0.39, 0.29) is 22.8 Å². The molecule has 0 saturated carbocycles. The first-order chi connectivity index (χ1) is 16.2. The second-order valence-electron chi connectivity index (χ2n) is 7.33. The quantitative estimate of drug-likeness (QED) is 0.441. The molecule has 3 aromatic rings. The predicted octanol–water partition coefficient (Wildman–Crippen LogP) is 2.96. The molecule has 2 atom stereocenters. The van der Waals surface area contributed by atoms with Crippen LogP contribution in [0.1, 0.15) is 27.7 Å². The van der Waals surface area contributed by atoms with Crippen LogP contribution < -0.4 is 10.6 Å². The molecule has 0 aliphatic carbocycles. The number of carbonyl (C=O) groups is 4. The molecule has 2 heterocycles. The highest BCUT2D eigenvalue weighted by molar-refractivity contribution is 7.14. The van der Waals surface area contributed by atoms with E-state index in [0.29, 0.717) is 16.5 Å². The number of urea groups is 1. The van der Waals surface area contributed by atoms with E-state index in [1.807, 2.05) is 0 Å². The van der Waals surface area contributed by atoms with Crippen molar-refractivity contribution in [2.45, 2.75) is 18.5 Å². The Morgan fingerprint density at radius 3 is 2.44 bits per heavy atom. The van der Waals surface area contributed by atoms with Gasteiger partial charge in [-0.2, -0.15) is 0 Å². The largest absolute Gasteiger partial charge is 0.476 e. The Bertz CT molecular complexity index is 1260. The molecule has 4 amide bonds. The summed E-state index contributed by atoms with van der Waals surface area (Å²) < 4.78 is 27.4. The number of hydrogen-bond donors (Lipinski definition) is 3. The van der Waals surface area contributed by atoms with Crippen molar-refractivity contribution in [2.75, 3.05) is 5.32 Å². The first kappa shape index (κ1) is 23.0. The zero-order chi connectivity index (χ0) is 24.4.